The first-order valence-corrected chi connectivity index (χ1v) is 6.12. The van der Waals surface area contributed by atoms with Gasteiger partial charge in [0, 0.05) is 9.50 Å². The van der Waals surface area contributed by atoms with Gasteiger partial charge in [0.15, 0.2) is 0 Å². The average molecular weight is 293 g/mol. The summed E-state index contributed by atoms with van der Waals surface area (Å²) in [5.41, 5.74) is 6.81. The zero-order chi connectivity index (χ0) is 11.4. The normalized spacial score (nSPS) is 15.0. The van der Waals surface area contributed by atoms with Gasteiger partial charge in [-0.15, -0.1) is 0 Å². The van der Waals surface area contributed by atoms with Gasteiger partial charge in [0.25, 0.3) is 0 Å². The van der Waals surface area contributed by atoms with E-state index >= 15 is 0 Å². The molecule has 0 radical (unpaired) electrons. The van der Waals surface area contributed by atoms with Crippen molar-refractivity contribution in [2.75, 3.05) is 0 Å². The Bertz CT molecular complexity index is 332. The quantitative estimate of drug-likeness (QED) is 0.895. The summed E-state index contributed by atoms with van der Waals surface area (Å²) < 4.78 is 0.884. The lowest BCUT2D eigenvalue weighted by Crippen LogP contribution is -2.26. The number of aliphatic hydroxyl groups is 1. The van der Waals surface area contributed by atoms with Crippen molar-refractivity contribution in [2.45, 2.75) is 31.9 Å². The number of aliphatic hydroxyl groups excluding tert-OH is 1. The average Bonchev–Trinajstić information content (AvgIpc) is 2.21. The lowest BCUT2D eigenvalue weighted by molar-refractivity contribution is 0.134. The summed E-state index contributed by atoms with van der Waals surface area (Å²) in [6, 6.07) is 5.03. The number of benzene rings is 1. The topological polar surface area (TPSA) is 46.2 Å². The van der Waals surface area contributed by atoms with Gasteiger partial charge in [-0.25, -0.2) is 0 Å². The molecule has 0 fully saturated rings. The van der Waals surface area contributed by atoms with E-state index in [1.54, 1.807) is 12.1 Å². The molecule has 0 aliphatic heterocycles. The van der Waals surface area contributed by atoms with Crippen LogP contribution in [-0.2, 0) is 0 Å². The summed E-state index contributed by atoms with van der Waals surface area (Å²) in [7, 11) is 0. The second kappa shape index (κ2) is 5.85. The monoisotopic (exact) mass is 291 g/mol. The van der Waals surface area contributed by atoms with E-state index in [1.165, 1.54) is 0 Å². The lowest BCUT2D eigenvalue weighted by Gasteiger charge is -2.20. The van der Waals surface area contributed by atoms with Crippen LogP contribution in [0.15, 0.2) is 22.7 Å². The molecule has 0 spiro atoms. The minimum absolute atomic E-state index is 0.391. The van der Waals surface area contributed by atoms with Crippen molar-refractivity contribution in [3.05, 3.63) is 33.3 Å². The van der Waals surface area contributed by atoms with Crippen molar-refractivity contribution in [3.63, 3.8) is 0 Å². The zero-order valence-electron chi connectivity index (χ0n) is 8.58. The van der Waals surface area contributed by atoms with E-state index in [-0.39, 0.29) is 0 Å². The Morgan fingerprint density at radius 3 is 2.80 bits per heavy atom. The molecule has 2 nitrogen and oxygen atoms in total. The number of rotatable bonds is 4. The molecule has 0 saturated heterocycles. The lowest BCUT2D eigenvalue weighted by atomic mass is 9.99. The molecule has 0 unspecified atom stereocenters. The maximum Gasteiger partial charge on any atom is 0.0733 e. The van der Waals surface area contributed by atoms with Gasteiger partial charge in [0.05, 0.1) is 12.1 Å². The van der Waals surface area contributed by atoms with Crippen molar-refractivity contribution in [3.8, 4) is 0 Å². The molecule has 0 amide bonds. The van der Waals surface area contributed by atoms with E-state index in [4.69, 9.17) is 17.3 Å². The van der Waals surface area contributed by atoms with Gasteiger partial charge >= 0.3 is 0 Å². The Morgan fingerprint density at radius 1 is 1.53 bits per heavy atom. The number of hydrogen-bond donors (Lipinski definition) is 2. The smallest absolute Gasteiger partial charge is 0.0733 e. The molecule has 1 rings (SSSR count). The fraction of sp³-hybridized carbons (Fsp3) is 0.455. The van der Waals surface area contributed by atoms with Gasteiger partial charge in [0.1, 0.15) is 0 Å². The van der Waals surface area contributed by atoms with Crippen LogP contribution in [-0.4, -0.2) is 11.2 Å². The highest BCUT2D eigenvalue weighted by molar-refractivity contribution is 9.10. The van der Waals surface area contributed by atoms with Gasteiger partial charge in [-0.2, -0.15) is 0 Å². The van der Waals surface area contributed by atoms with Crippen LogP contribution in [0.2, 0.25) is 5.02 Å². The standard InChI is InChI=1S/C11H15BrClNO/c1-2-3-10(15)11(14)8-6-7(13)4-5-9(8)12/h4-6,10-11,15H,2-3,14H2,1H3/t10-,11+/m0/s1. The molecular weight excluding hydrogens is 277 g/mol. The largest absolute Gasteiger partial charge is 0.391 e. The third-order valence-corrected chi connectivity index (χ3v) is 3.27. The van der Waals surface area contributed by atoms with Gasteiger partial charge in [0.2, 0.25) is 0 Å². The Kier molecular flexibility index (Phi) is 5.06. The molecule has 1 aromatic carbocycles. The van der Waals surface area contributed by atoms with Crippen molar-refractivity contribution < 1.29 is 5.11 Å². The van der Waals surface area contributed by atoms with E-state index in [0.29, 0.717) is 11.4 Å². The van der Waals surface area contributed by atoms with Crippen LogP contribution in [0.1, 0.15) is 31.4 Å². The molecule has 3 N–H and O–H groups in total. The van der Waals surface area contributed by atoms with E-state index in [0.717, 1.165) is 16.5 Å². The molecule has 15 heavy (non-hydrogen) atoms. The second-order valence-electron chi connectivity index (χ2n) is 3.55. The third kappa shape index (κ3) is 3.45. The number of halogens is 2. The van der Waals surface area contributed by atoms with Crippen LogP contribution >= 0.6 is 27.5 Å². The molecule has 1 aromatic rings. The Morgan fingerprint density at radius 2 is 2.20 bits per heavy atom. The van der Waals surface area contributed by atoms with Gasteiger partial charge in [-0.05, 0) is 30.2 Å². The molecule has 4 heteroatoms. The molecule has 0 heterocycles. The van der Waals surface area contributed by atoms with Crippen LogP contribution in [0.5, 0.6) is 0 Å². The summed E-state index contributed by atoms with van der Waals surface area (Å²) >= 11 is 9.29. The second-order valence-corrected chi connectivity index (χ2v) is 4.84. The fourth-order valence-electron chi connectivity index (χ4n) is 1.45. The van der Waals surface area contributed by atoms with E-state index < -0.39 is 12.1 Å². The third-order valence-electron chi connectivity index (χ3n) is 2.32. The highest BCUT2D eigenvalue weighted by Gasteiger charge is 2.18. The van der Waals surface area contributed by atoms with Gasteiger partial charge < -0.3 is 10.8 Å². The predicted octanol–water partition coefficient (Wildman–Crippen LogP) is 3.26. The van der Waals surface area contributed by atoms with Crippen molar-refractivity contribution in [1.29, 1.82) is 0 Å². The first kappa shape index (κ1) is 13.0. The molecule has 0 bridgehead atoms. The van der Waals surface area contributed by atoms with Gasteiger partial charge in [-0.1, -0.05) is 40.9 Å². The Hall–Kier alpha value is -0.0900. The zero-order valence-corrected chi connectivity index (χ0v) is 10.9. The van der Waals surface area contributed by atoms with E-state index in [9.17, 15) is 5.11 Å². The van der Waals surface area contributed by atoms with Crippen LogP contribution in [0, 0.1) is 0 Å². The maximum atomic E-state index is 9.80. The van der Waals surface area contributed by atoms with Gasteiger partial charge in [-0.3, -0.25) is 0 Å². The van der Waals surface area contributed by atoms with Crippen LogP contribution < -0.4 is 5.73 Å². The SMILES string of the molecule is CCC[C@H](O)[C@H](N)c1cc(Cl)ccc1Br. The molecule has 0 aliphatic carbocycles. The molecular formula is C11H15BrClNO. The molecule has 84 valence electrons. The van der Waals surface area contributed by atoms with E-state index in [2.05, 4.69) is 15.9 Å². The molecule has 0 aromatic heterocycles. The van der Waals surface area contributed by atoms with Crippen LogP contribution in [0.3, 0.4) is 0 Å². The maximum absolute atomic E-state index is 9.80. The molecule has 0 aliphatic rings. The van der Waals surface area contributed by atoms with E-state index in [1.807, 2.05) is 13.0 Å². The Balaban J connectivity index is 2.89. The number of hydrogen-bond acceptors (Lipinski definition) is 2. The predicted molar refractivity (Wildman–Crippen MR) is 67.0 cm³/mol. The Labute approximate surface area is 104 Å². The highest BCUT2D eigenvalue weighted by Crippen LogP contribution is 2.28. The van der Waals surface area contributed by atoms with Crippen LogP contribution in [0.25, 0.3) is 0 Å². The summed E-state index contributed by atoms with van der Waals surface area (Å²) in [5.74, 6) is 0. The highest BCUT2D eigenvalue weighted by atomic mass is 79.9. The fourth-order valence-corrected chi connectivity index (χ4v) is 2.14. The molecule has 2 atom stereocenters. The number of nitrogens with two attached hydrogens (primary N) is 1. The first-order valence-electron chi connectivity index (χ1n) is 4.94. The summed E-state index contributed by atoms with van der Waals surface area (Å²) in [6.45, 7) is 2.02. The first-order chi connectivity index (χ1) is 7.06. The van der Waals surface area contributed by atoms with Crippen molar-refractivity contribution >= 4 is 27.5 Å². The van der Waals surface area contributed by atoms with Crippen LogP contribution in [0.4, 0.5) is 0 Å². The summed E-state index contributed by atoms with van der Waals surface area (Å²) in [6.07, 6.45) is 1.08. The summed E-state index contributed by atoms with van der Waals surface area (Å²) in [4.78, 5) is 0. The minimum atomic E-state index is -0.523. The summed E-state index contributed by atoms with van der Waals surface area (Å²) in [5, 5.41) is 10.4. The molecule has 0 saturated carbocycles. The minimum Gasteiger partial charge on any atom is -0.391 e. The van der Waals surface area contributed by atoms with Crippen molar-refractivity contribution in [1.82, 2.24) is 0 Å². The van der Waals surface area contributed by atoms with Crippen molar-refractivity contribution in [2.24, 2.45) is 5.73 Å².